The topological polar surface area (TPSA) is 103 Å². The predicted octanol–water partition coefficient (Wildman–Crippen LogP) is 4.95. The van der Waals surface area contributed by atoms with E-state index in [1.165, 1.54) is 17.0 Å². The number of carbonyl (C=O) groups is 1. The number of carbonyl (C=O) groups excluding carboxylic acids is 1. The highest BCUT2D eigenvalue weighted by atomic mass is 19.3. The Labute approximate surface area is 204 Å². The molecule has 1 aromatic carbocycles. The van der Waals surface area contributed by atoms with Gasteiger partial charge < -0.3 is 9.88 Å². The van der Waals surface area contributed by atoms with Crippen molar-refractivity contribution >= 4 is 11.7 Å². The molecule has 0 saturated heterocycles. The van der Waals surface area contributed by atoms with Crippen LogP contribution in [-0.2, 0) is 0 Å². The van der Waals surface area contributed by atoms with Gasteiger partial charge in [-0.05, 0) is 60.9 Å². The summed E-state index contributed by atoms with van der Waals surface area (Å²) >= 11 is 0. The second-order valence-electron chi connectivity index (χ2n) is 9.12. The number of alkyl halides is 2. The van der Waals surface area contributed by atoms with Crippen LogP contribution in [0, 0.1) is 11.7 Å². The first-order valence-electron chi connectivity index (χ1n) is 11.5. The van der Waals surface area contributed by atoms with Gasteiger partial charge in [-0.3, -0.25) is 4.79 Å². The van der Waals surface area contributed by atoms with E-state index in [-0.39, 0.29) is 23.5 Å². The summed E-state index contributed by atoms with van der Waals surface area (Å²) in [6.07, 6.45) is 1.10. The van der Waals surface area contributed by atoms with Gasteiger partial charge >= 0.3 is 0 Å². The van der Waals surface area contributed by atoms with Gasteiger partial charge in [0.2, 0.25) is 5.82 Å². The van der Waals surface area contributed by atoms with Crippen LogP contribution in [0.2, 0.25) is 0 Å². The predicted molar refractivity (Wildman–Crippen MR) is 124 cm³/mol. The number of benzene rings is 1. The van der Waals surface area contributed by atoms with E-state index < -0.39 is 29.3 Å². The van der Waals surface area contributed by atoms with Crippen LogP contribution in [0.15, 0.2) is 42.9 Å². The summed E-state index contributed by atoms with van der Waals surface area (Å²) in [6.45, 7) is 5.90. The summed E-state index contributed by atoms with van der Waals surface area (Å²) in [7, 11) is 0. The maximum absolute atomic E-state index is 14.8. The smallest absolute Gasteiger partial charge is 0.265 e. The van der Waals surface area contributed by atoms with Crippen LogP contribution in [0.5, 0.6) is 0 Å². The highest BCUT2D eigenvalue weighted by molar-refractivity contribution is 6.04. The molecule has 0 spiro atoms. The summed E-state index contributed by atoms with van der Waals surface area (Å²) in [6, 6.07) is 6.61. The number of pyridine rings is 1. The van der Waals surface area contributed by atoms with E-state index in [0.29, 0.717) is 23.5 Å². The van der Waals surface area contributed by atoms with Crippen LogP contribution in [0.3, 0.4) is 0 Å². The van der Waals surface area contributed by atoms with Gasteiger partial charge in [0.1, 0.15) is 17.3 Å². The number of nitrogens with zero attached hydrogens (tertiary/aromatic N) is 7. The van der Waals surface area contributed by atoms with Crippen LogP contribution in [0.4, 0.5) is 19.0 Å². The van der Waals surface area contributed by atoms with Crippen LogP contribution < -0.4 is 5.32 Å². The van der Waals surface area contributed by atoms with Crippen molar-refractivity contribution in [1.29, 1.82) is 0 Å². The van der Waals surface area contributed by atoms with Crippen LogP contribution in [0.25, 0.3) is 17.2 Å². The Morgan fingerprint density at radius 3 is 2.69 bits per heavy atom. The monoisotopic (exact) mass is 496 g/mol. The Bertz CT molecular complexity index is 1430. The zero-order chi connectivity index (χ0) is 25.6. The molecule has 9 nitrogen and oxygen atoms in total. The number of imidazole rings is 1. The fraction of sp³-hybridized carbons (Fsp3) is 0.333. The Hall–Kier alpha value is -4.09. The lowest BCUT2D eigenvalue weighted by Crippen LogP contribution is -2.16. The molecule has 1 aliphatic rings. The molecule has 1 aliphatic carbocycles. The van der Waals surface area contributed by atoms with E-state index in [2.05, 4.69) is 37.7 Å². The number of nitrogens with one attached hydrogen (secondary N) is 1. The van der Waals surface area contributed by atoms with E-state index in [0.717, 1.165) is 18.2 Å². The number of rotatable bonds is 7. The van der Waals surface area contributed by atoms with Crippen molar-refractivity contribution in [2.45, 2.75) is 45.6 Å². The molecule has 2 unspecified atom stereocenters. The van der Waals surface area contributed by atoms with Gasteiger partial charge in [0.25, 0.3) is 12.3 Å². The number of tetrazole rings is 1. The highest BCUT2D eigenvalue weighted by Gasteiger charge is 2.36. The molecule has 1 N–H and O–H groups in total. The zero-order valence-electron chi connectivity index (χ0n) is 19.7. The molecule has 12 heteroatoms. The quantitative estimate of drug-likeness (QED) is 0.388. The number of hydrogen-bond acceptors (Lipinski definition) is 6. The van der Waals surface area contributed by atoms with Crippen molar-refractivity contribution in [2.24, 2.45) is 5.92 Å². The van der Waals surface area contributed by atoms with E-state index in [9.17, 15) is 18.0 Å². The largest absolute Gasteiger partial charge is 0.306 e. The lowest BCUT2D eigenvalue weighted by molar-refractivity contribution is 0.102. The Morgan fingerprint density at radius 2 is 2.00 bits per heavy atom. The van der Waals surface area contributed by atoms with Crippen LogP contribution in [0.1, 0.15) is 67.2 Å². The van der Waals surface area contributed by atoms with Crippen LogP contribution in [-0.4, -0.2) is 40.6 Å². The maximum Gasteiger partial charge on any atom is 0.265 e. The Balaban J connectivity index is 1.45. The summed E-state index contributed by atoms with van der Waals surface area (Å²) in [5.41, 5.74) is 0.242. The molecular formula is C24H23F3N8O. The summed E-state index contributed by atoms with van der Waals surface area (Å²) in [5.74, 6) is -0.620. The van der Waals surface area contributed by atoms with Gasteiger partial charge in [-0.25, -0.2) is 27.8 Å². The third-order valence-electron chi connectivity index (χ3n) is 6.17. The third-order valence-corrected chi connectivity index (χ3v) is 6.17. The molecule has 5 rings (SSSR count). The number of amides is 1. The Morgan fingerprint density at radius 1 is 1.22 bits per heavy atom. The summed E-state index contributed by atoms with van der Waals surface area (Å²) in [4.78, 5) is 21.7. The highest BCUT2D eigenvalue weighted by Crippen LogP contribution is 2.46. The van der Waals surface area contributed by atoms with Gasteiger partial charge in [-0.15, -0.1) is 5.10 Å². The van der Waals surface area contributed by atoms with Gasteiger partial charge in [-0.1, -0.05) is 13.0 Å². The Kier molecular flexibility index (Phi) is 6.02. The molecule has 4 aromatic rings. The van der Waals surface area contributed by atoms with E-state index >= 15 is 0 Å². The first-order valence-corrected chi connectivity index (χ1v) is 11.5. The van der Waals surface area contributed by atoms with Crippen molar-refractivity contribution < 1.29 is 18.0 Å². The average Bonchev–Trinajstić information content (AvgIpc) is 3.23. The second kappa shape index (κ2) is 9.17. The van der Waals surface area contributed by atoms with Crippen molar-refractivity contribution in [1.82, 2.24) is 34.7 Å². The standard InChI is InChI=1S/C24H23F3N8O/c1-12(2)35-23(31-32-33-35)18-5-4-6-21(29-18)30-24(36)15-9-20(16(22(26)27)8-17(15)25)34-10-19(28-11-34)14-7-13(14)3/h4-6,8-14,22H,7H2,1-3H3,(H,29,30,36). The van der Waals surface area contributed by atoms with E-state index in [1.54, 1.807) is 23.0 Å². The van der Waals surface area contributed by atoms with E-state index in [4.69, 9.17) is 0 Å². The molecule has 0 aliphatic heterocycles. The average molecular weight is 496 g/mol. The minimum atomic E-state index is -2.94. The fourth-order valence-electron chi connectivity index (χ4n) is 4.07. The number of aromatic nitrogens is 7. The molecule has 3 heterocycles. The molecule has 186 valence electrons. The molecule has 3 aromatic heterocycles. The van der Waals surface area contributed by atoms with Gasteiger partial charge in [0, 0.05) is 17.7 Å². The van der Waals surface area contributed by atoms with Crippen molar-refractivity contribution in [3.05, 3.63) is 65.5 Å². The number of halogens is 3. The SMILES string of the molecule is CC1CC1c1cn(-c2cc(C(=O)Nc3cccc(-c4nnnn4C(C)C)n3)c(F)cc2C(F)F)cn1. The molecule has 1 amide bonds. The van der Waals surface area contributed by atoms with Crippen molar-refractivity contribution in [3.63, 3.8) is 0 Å². The third kappa shape index (κ3) is 4.45. The first-order chi connectivity index (χ1) is 17.2. The first kappa shape index (κ1) is 23.6. The van der Waals surface area contributed by atoms with Gasteiger partial charge in [-0.2, -0.15) is 0 Å². The summed E-state index contributed by atoms with van der Waals surface area (Å²) < 4.78 is 45.3. The molecular weight excluding hydrogens is 473 g/mol. The molecule has 2 atom stereocenters. The van der Waals surface area contributed by atoms with Gasteiger partial charge in [0.05, 0.1) is 29.3 Å². The van der Waals surface area contributed by atoms with E-state index in [1.807, 2.05) is 13.8 Å². The minimum Gasteiger partial charge on any atom is -0.306 e. The summed E-state index contributed by atoms with van der Waals surface area (Å²) in [5, 5.41) is 14.1. The molecule has 0 bridgehead atoms. The number of hydrogen-bond donors (Lipinski definition) is 1. The molecule has 1 saturated carbocycles. The maximum atomic E-state index is 14.8. The van der Waals surface area contributed by atoms with Crippen molar-refractivity contribution in [3.8, 4) is 17.2 Å². The van der Waals surface area contributed by atoms with Gasteiger partial charge in [0.15, 0.2) is 0 Å². The minimum absolute atomic E-state index is 0.0126. The molecule has 1 fully saturated rings. The van der Waals surface area contributed by atoms with Crippen LogP contribution >= 0.6 is 0 Å². The molecule has 36 heavy (non-hydrogen) atoms. The molecule has 0 radical (unpaired) electrons. The normalized spacial score (nSPS) is 17.1. The number of anilines is 1. The zero-order valence-corrected chi connectivity index (χ0v) is 19.7. The second-order valence-corrected chi connectivity index (χ2v) is 9.12. The lowest BCUT2D eigenvalue weighted by Gasteiger charge is -2.13. The lowest BCUT2D eigenvalue weighted by atomic mass is 10.1. The fourth-order valence-corrected chi connectivity index (χ4v) is 4.07. The van der Waals surface area contributed by atoms with Crippen molar-refractivity contribution in [2.75, 3.05) is 5.32 Å².